The Labute approximate surface area is 119 Å². The van der Waals surface area contributed by atoms with Crippen molar-refractivity contribution in [2.24, 2.45) is 0 Å². The van der Waals surface area contributed by atoms with Gasteiger partial charge in [-0.3, -0.25) is 4.79 Å². The molecule has 0 fully saturated rings. The summed E-state index contributed by atoms with van der Waals surface area (Å²) in [7, 11) is 0. The van der Waals surface area contributed by atoms with Crippen LogP contribution in [0.5, 0.6) is 0 Å². The third-order valence-electron chi connectivity index (χ3n) is 3.40. The van der Waals surface area contributed by atoms with Crippen molar-refractivity contribution in [3.8, 4) is 0 Å². The Morgan fingerprint density at radius 3 is 3.05 bits per heavy atom. The first-order valence-corrected chi connectivity index (χ1v) is 6.90. The number of hydrogen-bond acceptors (Lipinski definition) is 3. The zero-order valence-electron chi connectivity index (χ0n) is 10.5. The van der Waals surface area contributed by atoms with Crippen LogP contribution in [0, 0.1) is 0 Å². The fourth-order valence-electron chi connectivity index (χ4n) is 2.34. The van der Waals surface area contributed by atoms with E-state index in [2.05, 4.69) is 32.1 Å². The molecular formula is C13H13BrN4O. The Morgan fingerprint density at radius 2 is 2.32 bits per heavy atom. The summed E-state index contributed by atoms with van der Waals surface area (Å²) in [6, 6.07) is 5.72. The van der Waals surface area contributed by atoms with E-state index in [-0.39, 0.29) is 11.9 Å². The van der Waals surface area contributed by atoms with Crippen LogP contribution in [0.15, 0.2) is 35.3 Å². The summed E-state index contributed by atoms with van der Waals surface area (Å²) in [6.45, 7) is 2.57. The van der Waals surface area contributed by atoms with E-state index in [4.69, 9.17) is 0 Å². The lowest BCUT2D eigenvalue weighted by atomic mass is 10.2. The third-order valence-corrected chi connectivity index (χ3v) is 3.89. The number of benzene rings is 1. The van der Waals surface area contributed by atoms with Gasteiger partial charge >= 0.3 is 0 Å². The molecule has 0 aliphatic carbocycles. The quantitative estimate of drug-likeness (QED) is 0.852. The molecule has 1 unspecified atom stereocenters. The third kappa shape index (κ3) is 2.16. The zero-order valence-corrected chi connectivity index (χ0v) is 12.0. The van der Waals surface area contributed by atoms with Crippen molar-refractivity contribution in [3.63, 3.8) is 0 Å². The van der Waals surface area contributed by atoms with E-state index in [1.807, 2.05) is 24.0 Å². The molecule has 1 amide bonds. The van der Waals surface area contributed by atoms with E-state index in [9.17, 15) is 4.79 Å². The molecule has 0 saturated heterocycles. The van der Waals surface area contributed by atoms with Crippen LogP contribution in [-0.2, 0) is 11.2 Å². The lowest BCUT2D eigenvalue weighted by Gasteiger charge is -2.21. The first-order chi connectivity index (χ1) is 9.16. The zero-order chi connectivity index (χ0) is 13.4. The van der Waals surface area contributed by atoms with Crippen LogP contribution in [0.25, 0.3) is 0 Å². The van der Waals surface area contributed by atoms with Gasteiger partial charge in [-0.2, -0.15) is 5.10 Å². The molecule has 0 N–H and O–H groups in total. The van der Waals surface area contributed by atoms with Gasteiger partial charge in [-0.1, -0.05) is 22.0 Å². The molecule has 2 heterocycles. The average Bonchev–Trinajstić information content (AvgIpc) is 3.05. The van der Waals surface area contributed by atoms with E-state index >= 15 is 0 Å². The summed E-state index contributed by atoms with van der Waals surface area (Å²) in [5, 5.41) is 4.03. The number of nitrogens with zero attached hydrogens (tertiary/aromatic N) is 4. The van der Waals surface area contributed by atoms with E-state index in [0.717, 1.165) is 23.1 Å². The molecule has 1 aliphatic rings. The van der Waals surface area contributed by atoms with Crippen LogP contribution >= 0.6 is 15.9 Å². The molecule has 1 atom stereocenters. The molecule has 0 radical (unpaired) electrons. The highest BCUT2D eigenvalue weighted by Gasteiger charge is 2.29. The molecule has 6 heteroatoms. The second-order valence-corrected chi connectivity index (χ2v) is 5.48. The van der Waals surface area contributed by atoms with Gasteiger partial charge in [0.05, 0.1) is 0 Å². The van der Waals surface area contributed by atoms with Gasteiger partial charge in [-0.25, -0.2) is 9.67 Å². The first-order valence-electron chi connectivity index (χ1n) is 6.11. The van der Waals surface area contributed by atoms with Crippen molar-refractivity contribution in [3.05, 3.63) is 40.9 Å². The minimum atomic E-state index is -0.340. The smallest absolute Gasteiger partial charge is 0.251 e. The summed E-state index contributed by atoms with van der Waals surface area (Å²) >= 11 is 3.45. The normalized spacial score (nSPS) is 15.4. The molecule has 2 aromatic rings. The van der Waals surface area contributed by atoms with E-state index < -0.39 is 0 Å². The number of fused-ring (bicyclic) bond motifs is 1. The van der Waals surface area contributed by atoms with Crippen molar-refractivity contribution in [1.82, 2.24) is 14.8 Å². The first kappa shape index (κ1) is 12.3. The summed E-state index contributed by atoms with van der Waals surface area (Å²) < 4.78 is 2.57. The molecule has 0 saturated carbocycles. The maximum atomic E-state index is 12.5. The Balaban J connectivity index is 1.89. The van der Waals surface area contributed by atoms with Crippen LogP contribution in [0.3, 0.4) is 0 Å². The molecule has 1 aromatic heterocycles. The Bertz CT molecular complexity index is 611. The van der Waals surface area contributed by atoms with Gasteiger partial charge in [0, 0.05) is 16.7 Å². The molecule has 0 bridgehead atoms. The highest BCUT2D eigenvalue weighted by molar-refractivity contribution is 9.10. The number of anilines is 1. The van der Waals surface area contributed by atoms with Gasteiger partial charge in [0.25, 0.3) is 5.91 Å². The molecule has 1 aliphatic heterocycles. The molecular weight excluding hydrogens is 308 g/mol. The highest BCUT2D eigenvalue weighted by atomic mass is 79.9. The molecule has 5 nitrogen and oxygen atoms in total. The van der Waals surface area contributed by atoms with Gasteiger partial charge in [0.1, 0.15) is 18.7 Å². The predicted molar refractivity (Wildman–Crippen MR) is 74.9 cm³/mol. The summed E-state index contributed by atoms with van der Waals surface area (Å²) in [4.78, 5) is 18.2. The van der Waals surface area contributed by atoms with Crippen molar-refractivity contribution in [2.45, 2.75) is 19.4 Å². The average molecular weight is 321 g/mol. The fraction of sp³-hybridized carbons (Fsp3) is 0.308. The number of hydrogen-bond donors (Lipinski definition) is 0. The fourth-order valence-corrected chi connectivity index (χ4v) is 2.69. The minimum absolute atomic E-state index is 0.0438. The van der Waals surface area contributed by atoms with Crippen molar-refractivity contribution in [2.75, 3.05) is 11.4 Å². The van der Waals surface area contributed by atoms with Gasteiger partial charge in [0.2, 0.25) is 0 Å². The molecule has 19 heavy (non-hydrogen) atoms. The van der Waals surface area contributed by atoms with Crippen LogP contribution in [-0.4, -0.2) is 27.2 Å². The topological polar surface area (TPSA) is 51.0 Å². The summed E-state index contributed by atoms with van der Waals surface area (Å²) in [5.74, 6) is 0.0438. The number of aromatic nitrogens is 3. The Morgan fingerprint density at radius 1 is 1.47 bits per heavy atom. The van der Waals surface area contributed by atoms with E-state index in [0.29, 0.717) is 0 Å². The SMILES string of the molecule is CC(C(=O)N1CCc2ccc(Br)cc21)n1cncn1. The second kappa shape index (κ2) is 4.77. The Kier molecular flexibility index (Phi) is 3.10. The number of carbonyl (C=O) groups is 1. The lowest BCUT2D eigenvalue weighted by molar-refractivity contribution is -0.121. The maximum absolute atomic E-state index is 12.5. The van der Waals surface area contributed by atoms with Gasteiger partial charge < -0.3 is 4.90 Å². The van der Waals surface area contributed by atoms with E-state index in [1.54, 1.807) is 11.0 Å². The van der Waals surface area contributed by atoms with Crippen LogP contribution in [0.2, 0.25) is 0 Å². The molecule has 0 spiro atoms. The minimum Gasteiger partial charge on any atom is -0.310 e. The van der Waals surface area contributed by atoms with Gasteiger partial charge in [-0.15, -0.1) is 0 Å². The summed E-state index contributed by atoms with van der Waals surface area (Å²) in [6.07, 6.45) is 3.91. The van der Waals surface area contributed by atoms with Crippen molar-refractivity contribution in [1.29, 1.82) is 0 Å². The molecule has 98 valence electrons. The Hall–Kier alpha value is -1.69. The highest BCUT2D eigenvalue weighted by Crippen LogP contribution is 2.32. The van der Waals surface area contributed by atoms with Crippen LogP contribution in [0.1, 0.15) is 18.5 Å². The number of carbonyl (C=O) groups excluding carboxylic acids is 1. The van der Waals surface area contributed by atoms with E-state index in [1.165, 1.54) is 11.9 Å². The monoisotopic (exact) mass is 320 g/mol. The number of rotatable bonds is 2. The standard InChI is InChI=1S/C13H13BrN4O/c1-9(18-8-15-7-16-18)13(19)17-5-4-10-2-3-11(14)6-12(10)17/h2-3,6-9H,4-5H2,1H3. The number of amides is 1. The molecule has 1 aromatic carbocycles. The molecule has 3 rings (SSSR count). The maximum Gasteiger partial charge on any atom is 0.251 e. The number of halogens is 1. The summed E-state index contributed by atoms with van der Waals surface area (Å²) in [5.41, 5.74) is 2.20. The van der Waals surface area contributed by atoms with Gasteiger partial charge in [0.15, 0.2) is 0 Å². The van der Waals surface area contributed by atoms with Crippen LogP contribution in [0.4, 0.5) is 5.69 Å². The second-order valence-electron chi connectivity index (χ2n) is 4.56. The largest absolute Gasteiger partial charge is 0.310 e. The van der Waals surface area contributed by atoms with Gasteiger partial charge in [-0.05, 0) is 31.0 Å². The van der Waals surface area contributed by atoms with Crippen molar-refractivity contribution >= 4 is 27.5 Å². The van der Waals surface area contributed by atoms with Crippen molar-refractivity contribution < 1.29 is 4.79 Å². The van der Waals surface area contributed by atoms with Crippen LogP contribution < -0.4 is 4.90 Å². The lowest BCUT2D eigenvalue weighted by Crippen LogP contribution is -2.35. The predicted octanol–water partition coefficient (Wildman–Crippen LogP) is 2.19.